The molecule has 1 aliphatic heterocycles. The molecule has 0 bridgehead atoms. The molecule has 0 spiro atoms. The van der Waals surface area contributed by atoms with Crippen molar-refractivity contribution in [3.8, 4) is 0 Å². The summed E-state index contributed by atoms with van der Waals surface area (Å²) in [6.45, 7) is 7.69. The molecule has 4 unspecified atom stereocenters. The number of carbonyl (C=O) groups excluding carboxylic acids is 1. The summed E-state index contributed by atoms with van der Waals surface area (Å²) < 4.78 is 0. The third-order valence-corrected chi connectivity index (χ3v) is 4.70. The van der Waals surface area contributed by atoms with E-state index >= 15 is 0 Å². The fourth-order valence-corrected chi connectivity index (χ4v) is 3.61. The third-order valence-electron chi connectivity index (χ3n) is 4.70. The Morgan fingerprint density at radius 3 is 2.52 bits per heavy atom. The van der Waals surface area contributed by atoms with E-state index in [-0.39, 0.29) is 23.9 Å². The van der Waals surface area contributed by atoms with Gasteiger partial charge in [-0.1, -0.05) is 31.2 Å². The molecule has 1 aliphatic rings. The maximum Gasteiger partial charge on any atom is 0.308 e. The van der Waals surface area contributed by atoms with Crippen LogP contribution in [0.3, 0.4) is 0 Å². The molecule has 114 valence electrons. The Hall–Kier alpha value is -1.84. The quantitative estimate of drug-likeness (QED) is 0.930. The number of piperidine rings is 1. The molecule has 0 aromatic heterocycles. The van der Waals surface area contributed by atoms with E-state index in [1.165, 1.54) is 0 Å². The summed E-state index contributed by atoms with van der Waals surface area (Å²) in [4.78, 5) is 25.7. The van der Waals surface area contributed by atoms with Gasteiger partial charge in [0, 0.05) is 12.5 Å². The van der Waals surface area contributed by atoms with Crippen LogP contribution in [-0.4, -0.2) is 27.9 Å². The maximum absolute atomic E-state index is 12.4. The van der Waals surface area contributed by atoms with E-state index in [4.69, 9.17) is 0 Å². The lowest BCUT2D eigenvalue weighted by Gasteiger charge is -2.44. The Kier molecular flexibility index (Phi) is 4.35. The summed E-state index contributed by atoms with van der Waals surface area (Å²) in [7, 11) is 0. The lowest BCUT2D eigenvalue weighted by Crippen LogP contribution is -2.53. The summed E-state index contributed by atoms with van der Waals surface area (Å²) in [5.74, 6) is -1.40. The van der Waals surface area contributed by atoms with Crippen LogP contribution in [0, 0.1) is 18.8 Å². The molecular weight excluding hydrogens is 266 g/mol. The standard InChI is InChI=1S/C17H23NO3/c1-10-7-5-6-8-14(10)12(3)18-13(4)16(17(20)21)11(2)9-15(18)19/h5-8,11-13,16H,9H2,1-4H3,(H,20,21). The normalized spacial score (nSPS) is 27.5. The van der Waals surface area contributed by atoms with Crippen molar-refractivity contribution >= 4 is 11.9 Å². The first-order valence-corrected chi connectivity index (χ1v) is 7.44. The van der Waals surface area contributed by atoms with E-state index in [2.05, 4.69) is 0 Å². The van der Waals surface area contributed by atoms with Crippen molar-refractivity contribution in [2.24, 2.45) is 11.8 Å². The highest BCUT2D eigenvalue weighted by molar-refractivity contribution is 5.82. The maximum atomic E-state index is 12.4. The van der Waals surface area contributed by atoms with E-state index in [1.807, 2.05) is 52.0 Å². The largest absolute Gasteiger partial charge is 0.481 e. The van der Waals surface area contributed by atoms with Crippen LogP contribution in [0.5, 0.6) is 0 Å². The molecular formula is C17H23NO3. The van der Waals surface area contributed by atoms with Crippen LogP contribution in [-0.2, 0) is 9.59 Å². The SMILES string of the molecule is Cc1ccccc1C(C)N1C(=O)CC(C)C(C(=O)O)C1C. The van der Waals surface area contributed by atoms with Crippen molar-refractivity contribution in [2.75, 3.05) is 0 Å². The molecule has 4 atom stereocenters. The lowest BCUT2D eigenvalue weighted by molar-refractivity contribution is -0.156. The molecule has 1 saturated heterocycles. The second kappa shape index (κ2) is 5.88. The van der Waals surface area contributed by atoms with Crippen LogP contribution < -0.4 is 0 Å². The van der Waals surface area contributed by atoms with E-state index in [1.54, 1.807) is 4.90 Å². The first-order valence-electron chi connectivity index (χ1n) is 7.44. The van der Waals surface area contributed by atoms with Gasteiger partial charge >= 0.3 is 5.97 Å². The molecule has 1 aromatic carbocycles. The molecule has 4 heteroatoms. The Bertz CT molecular complexity index is 555. The first-order chi connectivity index (χ1) is 9.84. The van der Waals surface area contributed by atoms with Crippen LogP contribution in [0.2, 0.25) is 0 Å². The molecule has 0 saturated carbocycles. The number of carboxylic acid groups (broad SMARTS) is 1. The topological polar surface area (TPSA) is 57.6 Å². The van der Waals surface area contributed by atoms with Crippen molar-refractivity contribution in [3.05, 3.63) is 35.4 Å². The van der Waals surface area contributed by atoms with Gasteiger partial charge in [0.1, 0.15) is 0 Å². The zero-order valence-corrected chi connectivity index (χ0v) is 13.0. The van der Waals surface area contributed by atoms with Gasteiger partial charge in [-0.15, -0.1) is 0 Å². The number of carboxylic acids is 1. The number of hydrogen-bond donors (Lipinski definition) is 1. The van der Waals surface area contributed by atoms with E-state index in [9.17, 15) is 14.7 Å². The van der Waals surface area contributed by atoms with E-state index in [0.29, 0.717) is 6.42 Å². The van der Waals surface area contributed by atoms with Gasteiger partial charge < -0.3 is 10.0 Å². The highest BCUT2D eigenvalue weighted by Gasteiger charge is 2.43. The molecule has 1 N–H and O–H groups in total. The molecule has 1 amide bonds. The predicted octanol–water partition coefficient (Wildman–Crippen LogP) is 3.01. The zero-order valence-electron chi connectivity index (χ0n) is 13.0. The molecule has 0 aliphatic carbocycles. The second-order valence-corrected chi connectivity index (χ2v) is 6.12. The zero-order chi connectivity index (χ0) is 15.7. The molecule has 0 radical (unpaired) electrons. The number of benzene rings is 1. The Balaban J connectivity index is 2.35. The minimum absolute atomic E-state index is 0.0447. The minimum Gasteiger partial charge on any atom is -0.481 e. The van der Waals surface area contributed by atoms with Crippen LogP contribution in [0.1, 0.15) is 44.4 Å². The van der Waals surface area contributed by atoms with Crippen LogP contribution in [0.15, 0.2) is 24.3 Å². The fourth-order valence-electron chi connectivity index (χ4n) is 3.61. The average molecular weight is 289 g/mol. The predicted molar refractivity (Wildman–Crippen MR) is 80.8 cm³/mol. The van der Waals surface area contributed by atoms with Crippen LogP contribution >= 0.6 is 0 Å². The summed E-state index contributed by atoms with van der Waals surface area (Å²) in [6, 6.07) is 7.54. The summed E-state index contributed by atoms with van der Waals surface area (Å²) in [6.07, 6.45) is 0.303. The monoisotopic (exact) mass is 289 g/mol. The molecule has 21 heavy (non-hydrogen) atoms. The Morgan fingerprint density at radius 2 is 1.95 bits per heavy atom. The number of aliphatic carboxylic acids is 1. The van der Waals surface area contributed by atoms with Gasteiger partial charge in [0.2, 0.25) is 5.91 Å². The van der Waals surface area contributed by atoms with Gasteiger partial charge in [0.15, 0.2) is 0 Å². The second-order valence-electron chi connectivity index (χ2n) is 6.12. The van der Waals surface area contributed by atoms with Gasteiger partial charge in [-0.2, -0.15) is 0 Å². The number of amides is 1. The lowest BCUT2D eigenvalue weighted by atomic mass is 9.79. The summed E-state index contributed by atoms with van der Waals surface area (Å²) in [5.41, 5.74) is 2.20. The molecule has 2 rings (SSSR count). The van der Waals surface area contributed by atoms with Crippen molar-refractivity contribution in [2.45, 2.75) is 46.2 Å². The number of carbonyl (C=O) groups is 2. The van der Waals surface area contributed by atoms with Gasteiger partial charge in [-0.25, -0.2) is 0 Å². The Morgan fingerprint density at radius 1 is 1.33 bits per heavy atom. The van der Waals surface area contributed by atoms with Gasteiger partial charge in [-0.05, 0) is 37.8 Å². The van der Waals surface area contributed by atoms with Crippen molar-refractivity contribution < 1.29 is 14.7 Å². The average Bonchev–Trinajstić information content (AvgIpc) is 2.37. The first kappa shape index (κ1) is 15.5. The number of rotatable bonds is 3. The van der Waals surface area contributed by atoms with Crippen LogP contribution in [0.4, 0.5) is 0 Å². The third kappa shape index (κ3) is 2.80. The smallest absolute Gasteiger partial charge is 0.308 e. The van der Waals surface area contributed by atoms with E-state index < -0.39 is 11.9 Å². The fraction of sp³-hybridized carbons (Fsp3) is 0.529. The molecule has 1 fully saturated rings. The van der Waals surface area contributed by atoms with E-state index in [0.717, 1.165) is 11.1 Å². The number of nitrogens with zero attached hydrogens (tertiary/aromatic N) is 1. The Labute approximate surface area is 125 Å². The van der Waals surface area contributed by atoms with Gasteiger partial charge in [-0.3, -0.25) is 9.59 Å². The summed E-state index contributed by atoms with van der Waals surface area (Å²) in [5, 5.41) is 9.45. The van der Waals surface area contributed by atoms with Crippen molar-refractivity contribution in [1.82, 2.24) is 4.90 Å². The van der Waals surface area contributed by atoms with Gasteiger partial charge in [0.25, 0.3) is 0 Å². The van der Waals surface area contributed by atoms with Crippen molar-refractivity contribution in [3.63, 3.8) is 0 Å². The number of aryl methyl sites for hydroxylation is 1. The number of likely N-dealkylation sites (tertiary alicyclic amines) is 1. The molecule has 4 nitrogen and oxygen atoms in total. The number of hydrogen-bond acceptors (Lipinski definition) is 2. The summed E-state index contributed by atoms with van der Waals surface area (Å²) >= 11 is 0. The van der Waals surface area contributed by atoms with Crippen LogP contribution in [0.25, 0.3) is 0 Å². The van der Waals surface area contributed by atoms with Gasteiger partial charge in [0.05, 0.1) is 12.0 Å². The highest BCUT2D eigenvalue weighted by Crippen LogP contribution is 2.36. The molecule has 1 heterocycles. The highest BCUT2D eigenvalue weighted by atomic mass is 16.4. The molecule has 1 aromatic rings. The van der Waals surface area contributed by atoms with Crippen molar-refractivity contribution in [1.29, 1.82) is 0 Å². The minimum atomic E-state index is -0.815.